The van der Waals surface area contributed by atoms with Crippen molar-refractivity contribution in [3.63, 3.8) is 0 Å². The maximum Gasteiger partial charge on any atom is 0.228 e. The first kappa shape index (κ1) is 16.0. The van der Waals surface area contributed by atoms with Crippen molar-refractivity contribution in [1.29, 1.82) is 0 Å². The molecular formula is C16H21N3O3. The highest BCUT2D eigenvalue weighted by Gasteiger charge is 2.30. The summed E-state index contributed by atoms with van der Waals surface area (Å²) in [6, 6.07) is 7.30. The third-order valence-corrected chi connectivity index (χ3v) is 3.56. The molecule has 3 N–H and O–H groups in total. The highest BCUT2D eigenvalue weighted by molar-refractivity contribution is 6.01. The monoisotopic (exact) mass is 303 g/mol. The second-order valence-electron chi connectivity index (χ2n) is 5.63. The molecule has 0 aromatic heterocycles. The molecule has 118 valence electrons. The Kier molecular flexibility index (Phi) is 5.14. The van der Waals surface area contributed by atoms with Crippen LogP contribution in [0.5, 0.6) is 0 Å². The van der Waals surface area contributed by atoms with Gasteiger partial charge in [-0.05, 0) is 11.6 Å². The average Bonchev–Trinajstić information content (AvgIpc) is 2.50. The highest BCUT2D eigenvalue weighted by Crippen LogP contribution is 2.31. The molecule has 0 saturated heterocycles. The summed E-state index contributed by atoms with van der Waals surface area (Å²) in [5, 5.41) is 8.27. The summed E-state index contributed by atoms with van der Waals surface area (Å²) in [5.74, 6) is -0.958. The van der Waals surface area contributed by atoms with Gasteiger partial charge in [-0.15, -0.1) is 0 Å². The summed E-state index contributed by atoms with van der Waals surface area (Å²) in [7, 11) is 0. The second-order valence-corrected chi connectivity index (χ2v) is 5.63. The molecule has 6 nitrogen and oxygen atoms in total. The first-order chi connectivity index (χ1) is 10.5. The normalized spacial score (nSPS) is 16.7. The molecule has 1 atom stereocenters. The van der Waals surface area contributed by atoms with E-state index in [1.807, 2.05) is 32.0 Å². The van der Waals surface area contributed by atoms with Crippen LogP contribution in [-0.2, 0) is 14.4 Å². The van der Waals surface area contributed by atoms with Gasteiger partial charge in [-0.25, -0.2) is 0 Å². The SMILES string of the molecule is CC(C)C(=O)NCCNC(=O)C1CC(=O)Nc2ccccc21. The third kappa shape index (κ3) is 3.84. The van der Waals surface area contributed by atoms with Crippen LogP contribution in [-0.4, -0.2) is 30.8 Å². The van der Waals surface area contributed by atoms with Crippen LogP contribution in [0.4, 0.5) is 5.69 Å². The van der Waals surface area contributed by atoms with E-state index in [0.29, 0.717) is 18.8 Å². The van der Waals surface area contributed by atoms with Crippen molar-refractivity contribution in [1.82, 2.24) is 10.6 Å². The molecule has 22 heavy (non-hydrogen) atoms. The number of rotatable bonds is 5. The number of hydrogen-bond donors (Lipinski definition) is 3. The van der Waals surface area contributed by atoms with E-state index in [4.69, 9.17) is 0 Å². The van der Waals surface area contributed by atoms with Crippen LogP contribution < -0.4 is 16.0 Å². The van der Waals surface area contributed by atoms with Crippen molar-refractivity contribution in [2.75, 3.05) is 18.4 Å². The predicted octanol–water partition coefficient (Wildman–Crippen LogP) is 1.00. The third-order valence-electron chi connectivity index (χ3n) is 3.56. The lowest BCUT2D eigenvalue weighted by atomic mass is 9.90. The molecule has 0 spiro atoms. The number of anilines is 1. The highest BCUT2D eigenvalue weighted by atomic mass is 16.2. The van der Waals surface area contributed by atoms with Gasteiger partial charge in [0, 0.05) is 31.1 Å². The first-order valence-corrected chi connectivity index (χ1v) is 7.43. The molecule has 6 heteroatoms. The second kappa shape index (κ2) is 7.06. The number of fused-ring (bicyclic) bond motifs is 1. The number of carbonyl (C=O) groups excluding carboxylic acids is 3. The molecule has 2 rings (SSSR count). The fraction of sp³-hybridized carbons (Fsp3) is 0.438. The van der Waals surface area contributed by atoms with Crippen LogP contribution in [0.2, 0.25) is 0 Å². The van der Waals surface area contributed by atoms with E-state index < -0.39 is 5.92 Å². The van der Waals surface area contributed by atoms with Crippen molar-refractivity contribution in [3.05, 3.63) is 29.8 Å². The van der Waals surface area contributed by atoms with Crippen LogP contribution in [0.3, 0.4) is 0 Å². The van der Waals surface area contributed by atoms with E-state index in [0.717, 1.165) is 5.56 Å². The fourth-order valence-corrected chi connectivity index (χ4v) is 2.34. The Morgan fingerprint density at radius 3 is 2.64 bits per heavy atom. The molecule has 0 aliphatic carbocycles. The zero-order valence-corrected chi connectivity index (χ0v) is 12.8. The Bertz CT molecular complexity index is 584. The van der Waals surface area contributed by atoms with Crippen molar-refractivity contribution in [3.8, 4) is 0 Å². The first-order valence-electron chi connectivity index (χ1n) is 7.43. The number of benzene rings is 1. The molecule has 1 unspecified atom stereocenters. The largest absolute Gasteiger partial charge is 0.354 e. The lowest BCUT2D eigenvalue weighted by Gasteiger charge is -2.24. The topological polar surface area (TPSA) is 87.3 Å². The van der Waals surface area contributed by atoms with Crippen molar-refractivity contribution in [2.45, 2.75) is 26.2 Å². The molecule has 1 aromatic carbocycles. The summed E-state index contributed by atoms with van der Waals surface area (Å²) in [6.07, 6.45) is 0.140. The van der Waals surface area contributed by atoms with E-state index >= 15 is 0 Å². The maximum absolute atomic E-state index is 12.3. The predicted molar refractivity (Wildman–Crippen MR) is 83.3 cm³/mol. The van der Waals surface area contributed by atoms with Crippen LogP contribution >= 0.6 is 0 Å². The molecular weight excluding hydrogens is 282 g/mol. The van der Waals surface area contributed by atoms with Gasteiger partial charge in [0.05, 0.1) is 5.92 Å². The molecule has 0 fully saturated rings. The minimum Gasteiger partial charge on any atom is -0.354 e. The lowest BCUT2D eigenvalue weighted by Crippen LogP contribution is -2.40. The Balaban J connectivity index is 1.90. The van der Waals surface area contributed by atoms with Crippen molar-refractivity contribution in [2.24, 2.45) is 5.92 Å². The summed E-state index contributed by atoms with van der Waals surface area (Å²) < 4.78 is 0. The maximum atomic E-state index is 12.3. The van der Waals surface area contributed by atoms with Gasteiger partial charge in [-0.2, -0.15) is 0 Å². The summed E-state index contributed by atoms with van der Waals surface area (Å²) >= 11 is 0. The quantitative estimate of drug-likeness (QED) is 0.709. The van der Waals surface area contributed by atoms with E-state index in [-0.39, 0.29) is 30.1 Å². The summed E-state index contributed by atoms with van der Waals surface area (Å²) in [5.41, 5.74) is 1.51. The van der Waals surface area contributed by atoms with E-state index in [2.05, 4.69) is 16.0 Å². The molecule has 1 aromatic rings. The minimum atomic E-state index is -0.481. The fourth-order valence-electron chi connectivity index (χ4n) is 2.34. The van der Waals surface area contributed by atoms with Gasteiger partial charge in [0.2, 0.25) is 17.7 Å². The van der Waals surface area contributed by atoms with Gasteiger partial charge < -0.3 is 16.0 Å². The molecule has 1 aliphatic heterocycles. The number of amides is 3. The van der Waals surface area contributed by atoms with E-state index in [1.54, 1.807) is 6.07 Å². The van der Waals surface area contributed by atoms with Gasteiger partial charge in [-0.1, -0.05) is 32.0 Å². The minimum absolute atomic E-state index is 0.0448. The summed E-state index contributed by atoms with van der Waals surface area (Å²) in [6.45, 7) is 4.35. The molecule has 0 radical (unpaired) electrons. The molecule has 0 saturated carbocycles. The Morgan fingerprint density at radius 1 is 1.23 bits per heavy atom. The van der Waals surface area contributed by atoms with E-state index in [9.17, 15) is 14.4 Å². The smallest absolute Gasteiger partial charge is 0.228 e. The van der Waals surface area contributed by atoms with Crippen LogP contribution in [0.15, 0.2) is 24.3 Å². The van der Waals surface area contributed by atoms with Crippen LogP contribution in [0, 0.1) is 5.92 Å². The number of carbonyl (C=O) groups is 3. The van der Waals surface area contributed by atoms with Crippen molar-refractivity contribution < 1.29 is 14.4 Å². The van der Waals surface area contributed by atoms with Gasteiger partial charge >= 0.3 is 0 Å². The Morgan fingerprint density at radius 2 is 1.91 bits per heavy atom. The van der Waals surface area contributed by atoms with E-state index in [1.165, 1.54) is 0 Å². The number of hydrogen-bond acceptors (Lipinski definition) is 3. The average molecular weight is 303 g/mol. The summed E-state index contributed by atoms with van der Waals surface area (Å²) in [4.78, 5) is 35.4. The van der Waals surface area contributed by atoms with Crippen LogP contribution in [0.1, 0.15) is 31.7 Å². The van der Waals surface area contributed by atoms with Crippen molar-refractivity contribution >= 4 is 23.4 Å². The number of nitrogens with one attached hydrogen (secondary N) is 3. The molecule has 1 aliphatic rings. The van der Waals surface area contributed by atoms with Gasteiger partial charge in [0.15, 0.2) is 0 Å². The molecule has 1 heterocycles. The zero-order chi connectivity index (χ0) is 16.1. The van der Waals surface area contributed by atoms with Gasteiger partial charge in [0.1, 0.15) is 0 Å². The zero-order valence-electron chi connectivity index (χ0n) is 12.8. The Labute approximate surface area is 129 Å². The molecule has 0 bridgehead atoms. The number of para-hydroxylation sites is 1. The van der Waals surface area contributed by atoms with Gasteiger partial charge in [-0.3, -0.25) is 14.4 Å². The van der Waals surface area contributed by atoms with Gasteiger partial charge in [0.25, 0.3) is 0 Å². The standard InChI is InChI=1S/C16H21N3O3/c1-10(2)15(21)17-7-8-18-16(22)12-9-14(20)19-13-6-4-3-5-11(12)13/h3-6,10,12H,7-9H2,1-2H3,(H,17,21)(H,18,22)(H,19,20). The Hall–Kier alpha value is -2.37. The molecule has 3 amide bonds. The lowest BCUT2D eigenvalue weighted by molar-refractivity contribution is -0.126. The van der Waals surface area contributed by atoms with Crippen LogP contribution in [0.25, 0.3) is 0 Å².